The van der Waals surface area contributed by atoms with E-state index in [0.29, 0.717) is 23.9 Å². The summed E-state index contributed by atoms with van der Waals surface area (Å²) in [7, 11) is 0. The van der Waals surface area contributed by atoms with Crippen LogP contribution >= 0.6 is 11.6 Å². The van der Waals surface area contributed by atoms with Crippen LogP contribution < -0.4 is 14.8 Å². The number of imidazole rings is 1. The number of aromatic nitrogens is 2. The molecule has 6 nitrogen and oxygen atoms in total. The number of ether oxygens (including phenoxy) is 2. The highest BCUT2D eigenvalue weighted by molar-refractivity contribution is 6.30. The van der Waals surface area contributed by atoms with E-state index in [1.807, 2.05) is 18.2 Å². The maximum atomic E-state index is 12.0. The molecule has 38 heavy (non-hydrogen) atoms. The molecule has 200 valence electrons. The number of aryl methyl sites for hydroxylation is 3. The first-order valence-electron chi connectivity index (χ1n) is 13.3. The predicted molar refractivity (Wildman–Crippen MR) is 153 cm³/mol. The topological polar surface area (TPSA) is 65.4 Å². The Kier molecular flexibility index (Phi) is 10.0. The number of para-hydroxylation sites is 2. The summed E-state index contributed by atoms with van der Waals surface area (Å²) < 4.78 is 13.9. The number of benzene rings is 3. The van der Waals surface area contributed by atoms with Crippen LogP contribution in [0.2, 0.25) is 5.02 Å². The molecule has 0 saturated heterocycles. The van der Waals surface area contributed by atoms with Gasteiger partial charge >= 0.3 is 0 Å². The van der Waals surface area contributed by atoms with Gasteiger partial charge in [-0.15, -0.1) is 0 Å². The van der Waals surface area contributed by atoms with Crippen LogP contribution in [0.4, 0.5) is 0 Å². The van der Waals surface area contributed by atoms with Gasteiger partial charge in [-0.05, 0) is 86.7 Å². The Labute approximate surface area is 229 Å². The van der Waals surface area contributed by atoms with Crippen molar-refractivity contribution in [1.29, 1.82) is 0 Å². The fraction of sp³-hybridized carbons (Fsp3) is 0.355. The average Bonchev–Trinajstić information content (AvgIpc) is 3.27. The van der Waals surface area contributed by atoms with Crippen molar-refractivity contribution in [2.75, 3.05) is 19.8 Å². The van der Waals surface area contributed by atoms with Gasteiger partial charge in [0.25, 0.3) is 5.91 Å². The van der Waals surface area contributed by atoms with Gasteiger partial charge in [0.2, 0.25) is 0 Å². The minimum atomic E-state index is -0.121. The number of fused-ring (bicyclic) bond motifs is 1. The summed E-state index contributed by atoms with van der Waals surface area (Å²) in [6.07, 6.45) is 4.75. The van der Waals surface area contributed by atoms with Crippen molar-refractivity contribution in [2.45, 2.75) is 52.5 Å². The van der Waals surface area contributed by atoms with Crippen molar-refractivity contribution in [2.24, 2.45) is 0 Å². The Morgan fingerprint density at radius 1 is 0.921 bits per heavy atom. The molecule has 1 heterocycles. The van der Waals surface area contributed by atoms with E-state index >= 15 is 0 Å². The van der Waals surface area contributed by atoms with E-state index in [1.54, 1.807) is 24.3 Å². The van der Waals surface area contributed by atoms with Gasteiger partial charge in [-0.3, -0.25) is 4.79 Å². The molecule has 0 bridgehead atoms. The van der Waals surface area contributed by atoms with Gasteiger partial charge in [0, 0.05) is 24.5 Å². The van der Waals surface area contributed by atoms with E-state index in [-0.39, 0.29) is 12.5 Å². The van der Waals surface area contributed by atoms with E-state index in [2.05, 4.69) is 48.0 Å². The molecule has 0 saturated carbocycles. The van der Waals surface area contributed by atoms with Crippen LogP contribution in [0.5, 0.6) is 11.5 Å². The lowest BCUT2D eigenvalue weighted by molar-refractivity contribution is -0.123. The maximum absolute atomic E-state index is 12.0. The highest BCUT2D eigenvalue weighted by Gasteiger charge is 2.11. The lowest BCUT2D eigenvalue weighted by Crippen LogP contribution is -2.29. The largest absolute Gasteiger partial charge is 0.493 e. The SMILES string of the molecule is Cc1cccc(OCCCn2c(CCCCCNC(=O)COc3ccc(Cl)cc3)nc3ccccc32)c1C. The number of carbonyl (C=O) groups excluding carboxylic acids is 1. The highest BCUT2D eigenvalue weighted by Crippen LogP contribution is 2.22. The molecule has 0 fully saturated rings. The zero-order valence-corrected chi connectivity index (χ0v) is 23.0. The van der Waals surface area contributed by atoms with E-state index in [0.717, 1.165) is 55.7 Å². The number of rotatable bonds is 14. The number of unbranched alkanes of at least 4 members (excludes halogenated alkanes) is 2. The van der Waals surface area contributed by atoms with E-state index < -0.39 is 0 Å². The molecule has 4 rings (SSSR count). The molecule has 0 aliphatic carbocycles. The first-order chi connectivity index (χ1) is 18.5. The molecule has 1 N–H and O–H groups in total. The normalized spacial score (nSPS) is 11.0. The van der Waals surface area contributed by atoms with Crippen LogP contribution in [0.15, 0.2) is 66.7 Å². The van der Waals surface area contributed by atoms with Crippen LogP contribution in [-0.4, -0.2) is 35.2 Å². The van der Waals surface area contributed by atoms with Crippen LogP contribution in [0.25, 0.3) is 11.0 Å². The zero-order valence-electron chi connectivity index (χ0n) is 22.2. The zero-order chi connectivity index (χ0) is 26.7. The second-order valence-electron chi connectivity index (χ2n) is 9.47. The lowest BCUT2D eigenvalue weighted by atomic mass is 10.1. The second kappa shape index (κ2) is 13.9. The Balaban J connectivity index is 1.19. The third-order valence-electron chi connectivity index (χ3n) is 6.66. The first-order valence-corrected chi connectivity index (χ1v) is 13.7. The Hall–Kier alpha value is -3.51. The Morgan fingerprint density at radius 2 is 1.74 bits per heavy atom. The third kappa shape index (κ3) is 7.75. The Morgan fingerprint density at radius 3 is 2.58 bits per heavy atom. The molecule has 3 aromatic carbocycles. The fourth-order valence-electron chi connectivity index (χ4n) is 4.39. The number of carbonyl (C=O) groups is 1. The number of halogens is 1. The van der Waals surface area contributed by atoms with E-state index in [1.165, 1.54) is 16.6 Å². The second-order valence-corrected chi connectivity index (χ2v) is 9.91. The molecule has 0 aliphatic rings. The molecule has 0 radical (unpaired) electrons. The van der Waals surface area contributed by atoms with Gasteiger partial charge in [0.1, 0.15) is 17.3 Å². The molecular weight excluding hydrogens is 498 g/mol. The molecule has 0 aliphatic heterocycles. The van der Waals surface area contributed by atoms with E-state index in [4.69, 9.17) is 26.1 Å². The summed E-state index contributed by atoms with van der Waals surface area (Å²) in [5, 5.41) is 3.56. The van der Waals surface area contributed by atoms with Crippen molar-refractivity contribution in [3.05, 3.63) is 88.7 Å². The van der Waals surface area contributed by atoms with Gasteiger partial charge in [-0.2, -0.15) is 0 Å². The molecular formula is C31H36ClN3O3. The van der Waals surface area contributed by atoms with Crippen LogP contribution in [0.1, 0.15) is 42.6 Å². The minimum Gasteiger partial charge on any atom is -0.493 e. The van der Waals surface area contributed by atoms with Crippen LogP contribution in [-0.2, 0) is 17.8 Å². The van der Waals surface area contributed by atoms with E-state index in [9.17, 15) is 4.79 Å². The van der Waals surface area contributed by atoms with Gasteiger partial charge in [0.15, 0.2) is 6.61 Å². The smallest absolute Gasteiger partial charge is 0.257 e. The van der Waals surface area contributed by atoms with Gasteiger partial charge in [-0.25, -0.2) is 4.98 Å². The highest BCUT2D eigenvalue weighted by atomic mass is 35.5. The molecule has 1 amide bonds. The number of hydrogen-bond acceptors (Lipinski definition) is 4. The summed E-state index contributed by atoms with van der Waals surface area (Å²) in [5.74, 6) is 2.58. The number of hydrogen-bond donors (Lipinski definition) is 1. The van der Waals surface area contributed by atoms with Gasteiger partial charge in [-0.1, -0.05) is 42.3 Å². The maximum Gasteiger partial charge on any atom is 0.257 e. The summed E-state index contributed by atoms with van der Waals surface area (Å²) >= 11 is 5.87. The number of nitrogens with one attached hydrogen (secondary N) is 1. The molecule has 4 aromatic rings. The first kappa shape index (κ1) is 27.5. The fourth-order valence-corrected chi connectivity index (χ4v) is 4.52. The van der Waals surface area contributed by atoms with Crippen molar-refractivity contribution < 1.29 is 14.3 Å². The van der Waals surface area contributed by atoms with Crippen molar-refractivity contribution in [1.82, 2.24) is 14.9 Å². The predicted octanol–water partition coefficient (Wildman–Crippen LogP) is 6.68. The summed E-state index contributed by atoms with van der Waals surface area (Å²) in [4.78, 5) is 17.0. The van der Waals surface area contributed by atoms with Gasteiger partial charge in [0.05, 0.1) is 17.6 Å². The molecule has 0 atom stereocenters. The monoisotopic (exact) mass is 533 g/mol. The lowest BCUT2D eigenvalue weighted by Gasteiger charge is -2.13. The molecule has 1 aromatic heterocycles. The standard InChI is InChI=1S/C31H36ClN3O3/c1-23-10-8-13-29(24(23)2)37-21-9-20-35-28-12-6-5-11-27(28)34-30(35)14-4-3-7-19-33-31(36)22-38-26-17-15-25(32)16-18-26/h5-6,8,10-13,15-18H,3-4,7,9,14,19-22H2,1-2H3,(H,33,36). The third-order valence-corrected chi connectivity index (χ3v) is 6.91. The van der Waals surface area contributed by atoms with Crippen molar-refractivity contribution >= 4 is 28.5 Å². The summed E-state index contributed by atoms with van der Waals surface area (Å²) in [5.41, 5.74) is 4.65. The minimum absolute atomic E-state index is 0.00117. The molecule has 0 spiro atoms. The van der Waals surface area contributed by atoms with Gasteiger partial charge < -0.3 is 19.4 Å². The van der Waals surface area contributed by atoms with Crippen LogP contribution in [0.3, 0.4) is 0 Å². The Bertz CT molecular complexity index is 1330. The number of nitrogens with zero attached hydrogens (tertiary/aromatic N) is 2. The number of amides is 1. The quantitative estimate of drug-likeness (QED) is 0.183. The summed E-state index contributed by atoms with van der Waals surface area (Å²) in [6.45, 7) is 6.38. The van der Waals surface area contributed by atoms with Crippen LogP contribution in [0, 0.1) is 13.8 Å². The van der Waals surface area contributed by atoms with Crippen molar-refractivity contribution in [3.8, 4) is 11.5 Å². The average molecular weight is 534 g/mol. The van der Waals surface area contributed by atoms with Crippen molar-refractivity contribution in [3.63, 3.8) is 0 Å². The summed E-state index contributed by atoms with van der Waals surface area (Å²) in [6, 6.07) is 21.5. The molecule has 7 heteroatoms. The molecule has 0 unspecified atom stereocenters.